The molecule has 2 aromatic rings. The van der Waals surface area contributed by atoms with Gasteiger partial charge in [-0.3, -0.25) is 9.78 Å². The zero-order chi connectivity index (χ0) is 16.4. The van der Waals surface area contributed by atoms with Crippen molar-refractivity contribution < 1.29 is 9.18 Å². The maximum absolute atomic E-state index is 13.3. The monoisotopic (exact) mass is 314 g/mol. The lowest BCUT2D eigenvalue weighted by atomic mass is 9.84. The Hall–Kier alpha value is -1.97. The quantitative estimate of drug-likeness (QED) is 0.913. The number of rotatable bonds is 3. The van der Waals surface area contributed by atoms with Gasteiger partial charge in [-0.15, -0.1) is 0 Å². The van der Waals surface area contributed by atoms with Crippen molar-refractivity contribution in [1.82, 2.24) is 10.3 Å². The standard InChI is InChI=1S/C19H23FN2O/c1-3-13-4-8-16(9-5-13)22-19(23)17-10-14-6-7-15(20)11-18(14)21-12(17)2/h6-7,10-11,13,16H,3-5,8-9H2,1-2H3,(H,22,23). The molecule has 0 unspecified atom stereocenters. The second kappa shape index (κ2) is 6.65. The molecule has 3 rings (SSSR count). The van der Waals surface area contributed by atoms with Crippen LogP contribution in [0.15, 0.2) is 24.3 Å². The van der Waals surface area contributed by atoms with Crippen LogP contribution in [0.2, 0.25) is 0 Å². The lowest BCUT2D eigenvalue weighted by molar-refractivity contribution is 0.0920. The SMILES string of the molecule is CCC1CCC(NC(=O)c2cc3ccc(F)cc3nc2C)CC1. The fraction of sp³-hybridized carbons (Fsp3) is 0.474. The minimum absolute atomic E-state index is 0.0684. The fourth-order valence-corrected chi connectivity index (χ4v) is 3.44. The molecular formula is C19H23FN2O. The summed E-state index contributed by atoms with van der Waals surface area (Å²) in [5, 5.41) is 3.93. The van der Waals surface area contributed by atoms with Crippen LogP contribution in [0.4, 0.5) is 4.39 Å². The predicted molar refractivity (Wildman–Crippen MR) is 89.9 cm³/mol. The van der Waals surface area contributed by atoms with Gasteiger partial charge in [0.25, 0.3) is 5.91 Å². The molecule has 23 heavy (non-hydrogen) atoms. The van der Waals surface area contributed by atoms with Gasteiger partial charge in [-0.2, -0.15) is 0 Å². The summed E-state index contributed by atoms with van der Waals surface area (Å²) >= 11 is 0. The van der Waals surface area contributed by atoms with Crippen LogP contribution in [0.5, 0.6) is 0 Å². The van der Waals surface area contributed by atoms with E-state index in [1.54, 1.807) is 13.0 Å². The van der Waals surface area contributed by atoms with Crippen LogP contribution in [-0.4, -0.2) is 16.9 Å². The first kappa shape index (κ1) is 15.9. The number of pyridine rings is 1. The Bertz CT molecular complexity index is 721. The van der Waals surface area contributed by atoms with Crippen LogP contribution in [0.3, 0.4) is 0 Å². The van der Waals surface area contributed by atoms with Gasteiger partial charge in [0.1, 0.15) is 5.82 Å². The molecule has 1 heterocycles. The van der Waals surface area contributed by atoms with Crippen molar-refractivity contribution in [3.05, 3.63) is 41.3 Å². The van der Waals surface area contributed by atoms with E-state index >= 15 is 0 Å². The van der Waals surface area contributed by atoms with Crippen molar-refractivity contribution in [1.29, 1.82) is 0 Å². The summed E-state index contributed by atoms with van der Waals surface area (Å²) in [6.45, 7) is 4.03. The van der Waals surface area contributed by atoms with Gasteiger partial charge in [-0.25, -0.2) is 4.39 Å². The van der Waals surface area contributed by atoms with Gasteiger partial charge in [0.15, 0.2) is 0 Å². The van der Waals surface area contributed by atoms with Crippen molar-refractivity contribution in [2.75, 3.05) is 0 Å². The van der Waals surface area contributed by atoms with Gasteiger partial charge in [0.05, 0.1) is 16.8 Å². The normalized spacial score (nSPS) is 21.3. The summed E-state index contributed by atoms with van der Waals surface area (Å²) in [6.07, 6.45) is 5.71. The lowest BCUT2D eigenvalue weighted by Crippen LogP contribution is -2.38. The van der Waals surface area contributed by atoms with E-state index in [9.17, 15) is 9.18 Å². The predicted octanol–water partition coefficient (Wildman–Crippen LogP) is 4.38. The van der Waals surface area contributed by atoms with Crippen LogP contribution in [-0.2, 0) is 0 Å². The van der Waals surface area contributed by atoms with E-state index in [0.29, 0.717) is 16.8 Å². The Kier molecular flexibility index (Phi) is 4.60. The summed E-state index contributed by atoms with van der Waals surface area (Å²) < 4.78 is 13.3. The molecule has 1 aliphatic carbocycles. The Balaban J connectivity index is 1.76. The first-order valence-electron chi connectivity index (χ1n) is 8.44. The molecule has 4 heteroatoms. The Labute approximate surface area is 136 Å². The highest BCUT2D eigenvalue weighted by atomic mass is 19.1. The highest BCUT2D eigenvalue weighted by molar-refractivity contribution is 5.98. The van der Waals surface area contributed by atoms with Gasteiger partial charge in [-0.05, 0) is 56.7 Å². The number of halogens is 1. The molecular weight excluding hydrogens is 291 g/mol. The molecule has 3 nitrogen and oxygen atoms in total. The number of fused-ring (bicyclic) bond motifs is 1. The van der Waals surface area contributed by atoms with Crippen LogP contribution in [0.1, 0.15) is 55.1 Å². The van der Waals surface area contributed by atoms with Gasteiger partial charge in [-0.1, -0.05) is 13.3 Å². The molecule has 0 radical (unpaired) electrons. The fourth-order valence-electron chi connectivity index (χ4n) is 3.44. The molecule has 1 aromatic heterocycles. The number of nitrogens with zero attached hydrogens (tertiary/aromatic N) is 1. The summed E-state index contributed by atoms with van der Waals surface area (Å²) in [5.74, 6) is 0.428. The molecule has 0 bridgehead atoms. The highest BCUT2D eigenvalue weighted by Gasteiger charge is 2.22. The van der Waals surface area contributed by atoms with Gasteiger partial charge < -0.3 is 5.32 Å². The number of hydrogen-bond acceptors (Lipinski definition) is 2. The second-order valence-electron chi connectivity index (χ2n) is 6.56. The number of hydrogen-bond donors (Lipinski definition) is 1. The van der Waals surface area contributed by atoms with Crippen molar-refractivity contribution in [3.8, 4) is 0 Å². The van der Waals surface area contributed by atoms with E-state index in [2.05, 4.69) is 17.2 Å². The third-order valence-electron chi connectivity index (χ3n) is 4.97. The third kappa shape index (κ3) is 3.52. The zero-order valence-corrected chi connectivity index (χ0v) is 13.7. The third-order valence-corrected chi connectivity index (χ3v) is 4.97. The number of nitrogens with one attached hydrogen (secondary N) is 1. The van der Waals surface area contributed by atoms with Crippen LogP contribution in [0, 0.1) is 18.7 Å². The van der Waals surface area contributed by atoms with E-state index < -0.39 is 0 Å². The molecule has 1 amide bonds. The molecule has 122 valence electrons. The second-order valence-corrected chi connectivity index (χ2v) is 6.56. The molecule has 0 saturated heterocycles. The Morgan fingerprint density at radius 2 is 2.00 bits per heavy atom. The van der Waals surface area contributed by atoms with Crippen LogP contribution < -0.4 is 5.32 Å². The molecule has 1 N–H and O–H groups in total. The molecule has 1 aliphatic rings. The molecule has 1 aromatic carbocycles. The van der Waals surface area contributed by atoms with Crippen molar-refractivity contribution in [2.45, 2.75) is 52.0 Å². The van der Waals surface area contributed by atoms with Gasteiger partial charge in [0, 0.05) is 17.5 Å². The Morgan fingerprint density at radius 1 is 1.26 bits per heavy atom. The van der Waals surface area contributed by atoms with Gasteiger partial charge >= 0.3 is 0 Å². The molecule has 0 aliphatic heterocycles. The van der Waals surface area contributed by atoms with E-state index in [0.717, 1.165) is 24.1 Å². The lowest BCUT2D eigenvalue weighted by Gasteiger charge is -2.28. The highest BCUT2D eigenvalue weighted by Crippen LogP contribution is 2.27. The topological polar surface area (TPSA) is 42.0 Å². The number of carbonyl (C=O) groups is 1. The smallest absolute Gasteiger partial charge is 0.253 e. The summed E-state index contributed by atoms with van der Waals surface area (Å²) in [5.41, 5.74) is 1.81. The van der Waals surface area contributed by atoms with Gasteiger partial charge in [0.2, 0.25) is 0 Å². The number of carbonyl (C=O) groups excluding carboxylic acids is 1. The number of aryl methyl sites for hydroxylation is 1. The van der Waals surface area contributed by atoms with E-state index in [1.807, 2.05) is 6.07 Å². The number of aromatic nitrogens is 1. The maximum atomic E-state index is 13.3. The Morgan fingerprint density at radius 3 is 2.70 bits per heavy atom. The van der Waals surface area contributed by atoms with Crippen molar-refractivity contribution >= 4 is 16.8 Å². The molecule has 1 saturated carbocycles. The summed E-state index contributed by atoms with van der Waals surface area (Å²) in [6, 6.07) is 6.53. The van der Waals surface area contributed by atoms with E-state index in [1.165, 1.54) is 31.4 Å². The minimum Gasteiger partial charge on any atom is -0.349 e. The maximum Gasteiger partial charge on any atom is 0.253 e. The zero-order valence-electron chi connectivity index (χ0n) is 13.7. The molecule has 0 atom stereocenters. The van der Waals surface area contributed by atoms with Crippen molar-refractivity contribution in [3.63, 3.8) is 0 Å². The summed E-state index contributed by atoms with van der Waals surface area (Å²) in [4.78, 5) is 16.9. The first-order valence-corrected chi connectivity index (χ1v) is 8.44. The minimum atomic E-state index is -0.311. The largest absolute Gasteiger partial charge is 0.349 e. The van der Waals surface area contributed by atoms with Crippen molar-refractivity contribution in [2.24, 2.45) is 5.92 Å². The molecule has 1 fully saturated rings. The molecule has 0 spiro atoms. The van der Waals surface area contributed by atoms with Crippen LogP contribution in [0.25, 0.3) is 10.9 Å². The average Bonchev–Trinajstić information content (AvgIpc) is 2.54. The first-order chi connectivity index (χ1) is 11.1. The number of benzene rings is 1. The number of amides is 1. The van der Waals surface area contributed by atoms with E-state index in [4.69, 9.17) is 0 Å². The summed E-state index contributed by atoms with van der Waals surface area (Å²) in [7, 11) is 0. The van der Waals surface area contributed by atoms with Crippen LogP contribution >= 0.6 is 0 Å². The van der Waals surface area contributed by atoms with E-state index in [-0.39, 0.29) is 17.8 Å². The average molecular weight is 314 g/mol.